The molecule has 0 fully saturated rings. The van der Waals surface area contributed by atoms with E-state index in [1.807, 2.05) is 0 Å². The highest BCUT2D eigenvalue weighted by atomic mass is 35.5. The third kappa shape index (κ3) is 2.81. The molecule has 12 heavy (non-hydrogen) atoms. The molecule has 0 N–H and O–H groups in total. The molecule has 0 heterocycles. The van der Waals surface area contributed by atoms with Crippen LogP contribution in [0.5, 0.6) is 0 Å². The van der Waals surface area contributed by atoms with Gasteiger partial charge < -0.3 is 0 Å². The highest BCUT2D eigenvalue weighted by Crippen LogP contribution is 2.02. The molecule has 0 spiro atoms. The van der Waals surface area contributed by atoms with Crippen LogP contribution in [-0.2, 0) is 6.42 Å². The van der Waals surface area contributed by atoms with Gasteiger partial charge in [-0.3, -0.25) is 0 Å². The Morgan fingerprint density at radius 1 is 1.33 bits per heavy atom. The SMILES string of the molecule is CCc1ccccc1[SiH2]C(Cl)Cl. The number of hydrogen-bond acceptors (Lipinski definition) is 0. The zero-order valence-corrected chi connectivity index (χ0v) is 9.98. The zero-order chi connectivity index (χ0) is 8.97. The molecule has 1 rings (SSSR count). The van der Waals surface area contributed by atoms with Gasteiger partial charge in [-0.15, -0.1) is 23.2 Å². The van der Waals surface area contributed by atoms with Crippen LogP contribution in [0.2, 0.25) is 0 Å². The van der Waals surface area contributed by atoms with E-state index in [1.165, 1.54) is 10.8 Å². The molecule has 0 aliphatic carbocycles. The summed E-state index contributed by atoms with van der Waals surface area (Å²) in [4.78, 5) is 0. The second kappa shape index (κ2) is 4.90. The maximum atomic E-state index is 5.77. The van der Waals surface area contributed by atoms with E-state index in [1.54, 1.807) is 0 Å². The Bertz CT molecular complexity index is 248. The molecule has 1 aromatic carbocycles. The minimum atomic E-state index is -0.486. The van der Waals surface area contributed by atoms with Gasteiger partial charge in [-0.2, -0.15) is 0 Å². The van der Waals surface area contributed by atoms with Crippen molar-refractivity contribution in [1.82, 2.24) is 0 Å². The minimum absolute atomic E-state index is 0.155. The van der Waals surface area contributed by atoms with Gasteiger partial charge in [-0.1, -0.05) is 36.4 Å². The van der Waals surface area contributed by atoms with Gasteiger partial charge in [0, 0.05) is 0 Å². The van der Waals surface area contributed by atoms with Crippen LogP contribution in [0.4, 0.5) is 0 Å². The second-order valence-corrected chi connectivity index (χ2v) is 7.02. The third-order valence-corrected chi connectivity index (χ3v) is 4.24. The van der Waals surface area contributed by atoms with Gasteiger partial charge in [-0.25, -0.2) is 0 Å². The third-order valence-electron chi connectivity index (χ3n) is 1.87. The van der Waals surface area contributed by atoms with Crippen LogP contribution >= 0.6 is 23.2 Å². The Kier molecular flexibility index (Phi) is 4.13. The fraction of sp³-hybridized carbons (Fsp3) is 0.333. The first-order chi connectivity index (χ1) is 5.74. The van der Waals surface area contributed by atoms with E-state index in [0.717, 1.165) is 6.42 Å². The van der Waals surface area contributed by atoms with Crippen LogP contribution in [0.15, 0.2) is 24.3 Å². The van der Waals surface area contributed by atoms with Crippen molar-refractivity contribution in [3.05, 3.63) is 29.8 Å². The molecule has 0 aromatic heterocycles. The maximum Gasteiger partial charge on any atom is 0.0957 e. The Labute approximate surface area is 85.7 Å². The second-order valence-electron chi connectivity index (χ2n) is 2.72. The molecular weight excluding hydrogens is 207 g/mol. The lowest BCUT2D eigenvalue weighted by atomic mass is 10.2. The smallest absolute Gasteiger partial charge is 0.0957 e. The number of hydrogen-bond donors (Lipinski definition) is 0. The molecule has 0 amide bonds. The molecule has 66 valence electrons. The van der Waals surface area contributed by atoms with Crippen molar-refractivity contribution in [3.8, 4) is 0 Å². The van der Waals surface area contributed by atoms with E-state index in [9.17, 15) is 0 Å². The van der Waals surface area contributed by atoms with E-state index in [4.69, 9.17) is 23.2 Å². The standard InChI is InChI=1S/C9H12Cl2Si/c1-2-7-5-3-4-6-8(7)12-9(10)11/h3-6,9H,2,12H2,1H3. The predicted molar refractivity (Wildman–Crippen MR) is 59.5 cm³/mol. The summed E-state index contributed by atoms with van der Waals surface area (Å²) in [6.45, 7) is 2.16. The van der Waals surface area contributed by atoms with Crippen molar-refractivity contribution in [3.63, 3.8) is 0 Å². The number of rotatable bonds is 3. The van der Waals surface area contributed by atoms with Crippen molar-refractivity contribution in [2.24, 2.45) is 0 Å². The molecule has 0 aliphatic heterocycles. The largest absolute Gasteiger partial charge is 0.110 e. The number of halogens is 2. The molecule has 0 bridgehead atoms. The topological polar surface area (TPSA) is 0 Å². The normalized spacial score (nSPS) is 11.7. The van der Waals surface area contributed by atoms with Gasteiger partial charge in [0.1, 0.15) is 0 Å². The van der Waals surface area contributed by atoms with E-state index < -0.39 is 9.52 Å². The van der Waals surface area contributed by atoms with Crippen LogP contribution in [0, 0.1) is 0 Å². The fourth-order valence-corrected chi connectivity index (χ4v) is 3.50. The Hall–Kier alpha value is 0.0169. The average Bonchev–Trinajstić information content (AvgIpc) is 2.04. The van der Waals surface area contributed by atoms with E-state index in [2.05, 4.69) is 31.2 Å². The molecule has 1 aromatic rings. The summed E-state index contributed by atoms with van der Waals surface area (Å²) >= 11 is 11.5. The summed E-state index contributed by atoms with van der Waals surface area (Å²) in [5, 5.41) is 1.40. The molecule has 0 radical (unpaired) electrons. The summed E-state index contributed by atoms with van der Waals surface area (Å²) in [5.74, 6) is 0. The lowest BCUT2D eigenvalue weighted by molar-refractivity contribution is 1.15. The van der Waals surface area contributed by atoms with E-state index >= 15 is 0 Å². The fourth-order valence-electron chi connectivity index (χ4n) is 1.27. The molecule has 0 aliphatic rings. The van der Waals surface area contributed by atoms with Gasteiger partial charge in [0.05, 0.1) is 14.0 Å². The Morgan fingerprint density at radius 2 is 2.00 bits per heavy atom. The highest BCUT2D eigenvalue weighted by molar-refractivity contribution is 6.76. The predicted octanol–water partition coefficient (Wildman–Crippen LogP) is 1.80. The van der Waals surface area contributed by atoms with Crippen LogP contribution in [0.25, 0.3) is 0 Å². The summed E-state index contributed by atoms with van der Waals surface area (Å²) in [6, 6.07) is 8.41. The quantitative estimate of drug-likeness (QED) is 0.537. The van der Waals surface area contributed by atoms with Gasteiger partial charge in [0.2, 0.25) is 0 Å². The first-order valence-corrected chi connectivity index (χ1v) is 6.48. The molecule has 0 unspecified atom stereocenters. The summed E-state index contributed by atoms with van der Waals surface area (Å²) in [7, 11) is -0.486. The highest BCUT2D eigenvalue weighted by Gasteiger charge is 2.05. The van der Waals surface area contributed by atoms with Crippen LogP contribution < -0.4 is 5.19 Å². The van der Waals surface area contributed by atoms with Crippen LogP contribution in [0.1, 0.15) is 12.5 Å². The average molecular weight is 219 g/mol. The lowest BCUT2D eigenvalue weighted by Gasteiger charge is -2.06. The molecule has 0 saturated carbocycles. The van der Waals surface area contributed by atoms with Crippen LogP contribution in [0.3, 0.4) is 0 Å². The van der Waals surface area contributed by atoms with Gasteiger partial charge >= 0.3 is 0 Å². The molecule has 0 saturated heterocycles. The maximum absolute atomic E-state index is 5.77. The first kappa shape index (κ1) is 10.1. The van der Waals surface area contributed by atoms with E-state index in [0.29, 0.717) is 0 Å². The summed E-state index contributed by atoms with van der Waals surface area (Å²) < 4.78 is -0.155. The molecular formula is C9H12Cl2Si. The number of alkyl halides is 2. The van der Waals surface area contributed by atoms with Gasteiger partial charge in [0.15, 0.2) is 0 Å². The first-order valence-electron chi connectivity index (χ1n) is 4.09. The van der Waals surface area contributed by atoms with Crippen molar-refractivity contribution in [2.75, 3.05) is 0 Å². The lowest BCUT2D eigenvalue weighted by Crippen LogP contribution is -2.23. The Morgan fingerprint density at radius 3 is 2.58 bits per heavy atom. The van der Waals surface area contributed by atoms with Crippen molar-refractivity contribution < 1.29 is 0 Å². The monoisotopic (exact) mass is 218 g/mol. The zero-order valence-electron chi connectivity index (χ0n) is 7.06. The number of aryl methyl sites for hydroxylation is 1. The van der Waals surface area contributed by atoms with E-state index in [-0.39, 0.29) is 4.46 Å². The van der Waals surface area contributed by atoms with Gasteiger partial charge in [0.25, 0.3) is 0 Å². The molecule has 3 heteroatoms. The van der Waals surface area contributed by atoms with Crippen molar-refractivity contribution >= 4 is 37.9 Å². The van der Waals surface area contributed by atoms with Crippen molar-refractivity contribution in [2.45, 2.75) is 17.8 Å². The summed E-state index contributed by atoms with van der Waals surface area (Å²) in [5.41, 5.74) is 1.40. The van der Waals surface area contributed by atoms with Gasteiger partial charge in [-0.05, 0) is 12.0 Å². The van der Waals surface area contributed by atoms with Crippen molar-refractivity contribution in [1.29, 1.82) is 0 Å². The minimum Gasteiger partial charge on any atom is -0.110 e. The van der Waals surface area contributed by atoms with Crippen LogP contribution in [-0.4, -0.2) is 14.0 Å². The number of benzene rings is 1. The molecule has 0 atom stereocenters. The Balaban J connectivity index is 2.82. The molecule has 0 nitrogen and oxygen atoms in total. The summed E-state index contributed by atoms with van der Waals surface area (Å²) in [6.07, 6.45) is 1.07.